The van der Waals surface area contributed by atoms with Crippen LogP contribution >= 0.6 is 0 Å². The molecule has 0 unspecified atom stereocenters. The van der Waals surface area contributed by atoms with Crippen molar-refractivity contribution in [3.8, 4) is 0 Å². The predicted molar refractivity (Wildman–Crippen MR) is 66.3 cm³/mol. The molecule has 2 aromatic rings. The predicted octanol–water partition coefficient (Wildman–Crippen LogP) is 2.69. The molecule has 1 heterocycles. The molecule has 0 bridgehead atoms. The van der Waals surface area contributed by atoms with E-state index in [9.17, 15) is 9.90 Å². The molecule has 0 saturated heterocycles. The maximum Gasteiger partial charge on any atom is 0.310 e. The summed E-state index contributed by atoms with van der Waals surface area (Å²) in [6, 6.07) is 9.82. The summed E-state index contributed by atoms with van der Waals surface area (Å²) in [5.41, 5.74) is 2.55. The molecule has 0 amide bonds. The van der Waals surface area contributed by atoms with Crippen LogP contribution in [0.2, 0.25) is 0 Å². The highest BCUT2D eigenvalue weighted by Gasteiger charge is 2.44. The largest absolute Gasteiger partial charge is 0.481 e. The number of furan rings is 1. The average Bonchev–Trinajstić information content (AvgIpc) is 2.96. The van der Waals surface area contributed by atoms with Gasteiger partial charge in [0, 0.05) is 0 Å². The maximum atomic E-state index is 11.7. The second-order valence-corrected chi connectivity index (χ2v) is 5.02. The monoisotopic (exact) mass is 242 g/mol. The number of rotatable bonds is 3. The van der Waals surface area contributed by atoms with Crippen LogP contribution in [0.3, 0.4) is 0 Å². The van der Waals surface area contributed by atoms with E-state index in [1.165, 1.54) is 0 Å². The first-order chi connectivity index (χ1) is 8.70. The first kappa shape index (κ1) is 11.1. The van der Waals surface area contributed by atoms with Crippen molar-refractivity contribution in [1.82, 2.24) is 0 Å². The molecule has 0 spiro atoms. The lowest BCUT2D eigenvalue weighted by Crippen LogP contribution is -2.34. The Morgan fingerprint density at radius 3 is 2.39 bits per heavy atom. The van der Waals surface area contributed by atoms with Gasteiger partial charge in [-0.1, -0.05) is 24.3 Å². The van der Waals surface area contributed by atoms with Crippen molar-refractivity contribution in [2.75, 3.05) is 0 Å². The minimum absolute atomic E-state index is 0.521. The second-order valence-electron chi connectivity index (χ2n) is 5.02. The topological polar surface area (TPSA) is 50.4 Å². The molecule has 1 aromatic heterocycles. The van der Waals surface area contributed by atoms with Gasteiger partial charge in [-0.05, 0) is 42.0 Å². The summed E-state index contributed by atoms with van der Waals surface area (Å²) in [5.74, 6) is -0.722. The van der Waals surface area contributed by atoms with Crippen LogP contribution in [0.5, 0.6) is 0 Å². The molecule has 92 valence electrons. The second kappa shape index (κ2) is 4.02. The average molecular weight is 242 g/mol. The molecule has 0 atom stereocenters. The van der Waals surface area contributed by atoms with Crippen molar-refractivity contribution in [3.05, 3.63) is 59.5 Å². The van der Waals surface area contributed by atoms with Gasteiger partial charge in [-0.2, -0.15) is 0 Å². The molecular weight excluding hydrogens is 228 g/mol. The number of hydrogen-bond acceptors (Lipinski definition) is 2. The van der Waals surface area contributed by atoms with Crippen molar-refractivity contribution in [1.29, 1.82) is 0 Å². The fourth-order valence-corrected chi connectivity index (χ4v) is 2.83. The van der Waals surface area contributed by atoms with Crippen LogP contribution in [-0.4, -0.2) is 11.1 Å². The zero-order chi connectivity index (χ0) is 12.6. The van der Waals surface area contributed by atoms with Gasteiger partial charge in [-0.25, -0.2) is 0 Å². The number of hydrogen-bond donors (Lipinski definition) is 1. The van der Waals surface area contributed by atoms with E-state index >= 15 is 0 Å². The normalized spacial score (nSPS) is 16.4. The van der Waals surface area contributed by atoms with E-state index in [4.69, 9.17) is 4.42 Å². The van der Waals surface area contributed by atoms with Gasteiger partial charge in [-0.3, -0.25) is 4.79 Å². The van der Waals surface area contributed by atoms with E-state index in [1.807, 2.05) is 30.3 Å². The number of aliphatic carboxylic acids is 1. The Kier molecular flexibility index (Phi) is 2.47. The third-order valence-electron chi connectivity index (χ3n) is 3.75. The Bertz CT molecular complexity index is 539. The molecule has 3 heteroatoms. The first-order valence-corrected chi connectivity index (χ1v) is 6.01. The molecule has 3 nitrogen and oxygen atoms in total. The van der Waals surface area contributed by atoms with Crippen LogP contribution < -0.4 is 0 Å². The van der Waals surface area contributed by atoms with Crippen LogP contribution in [0.25, 0.3) is 0 Å². The Morgan fingerprint density at radius 1 is 1.22 bits per heavy atom. The standard InChI is InChI=1S/C15H14O3/c16-14(17)15(7-11-5-6-18-10-11)8-12-3-1-2-4-13(12)9-15/h1-6,10H,7-9H2,(H,16,17). The highest BCUT2D eigenvalue weighted by atomic mass is 16.4. The number of carbonyl (C=O) groups is 1. The molecule has 18 heavy (non-hydrogen) atoms. The van der Waals surface area contributed by atoms with Crippen molar-refractivity contribution >= 4 is 5.97 Å². The Morgan fingerprint density at radius 2 is 1.89 bits per heavy atom. The van der Waals surface area contributed by atoms with E-state index in [2.05, 4.69) is 0 Å². The van der Waals surface area contributed by atoms with E-state index in [-0.39, 0.29) is 0 Å². The minimum atomic E-state index is -0.722. The van der Waals surface area contributed by atoms with Crippen molar-refractivity contribution in [2.24, 2.45) is 5.41 Å². The Hall–Kier alpha value is -2.03. The van der Waals surface area contributed by atoms with Crippen LogP contribution in [0.4, 0.5) is 0 Å². The summed E-state index contributed by atoms with van der Waals surface area (Å²) in [4.78, 5) is 11.7. The highest BCUT2D eigenvalue weighted by molar-refractivity contribution is 5.77. The molecular formula is C15H14O3. The van der Waals surface area contributed by atoms with Gasteiger partial charge in [0.25, 0.3) is 0 Å². The van der Waals surface area contributed by atoms with Gasteiger partial charge >= 0.3 is 5.97 Å². The molecule has 1 aromatic carbocycles. The van der Waals surface area contributed by atoms with Crippen molar-refractivity contribution < 1.29 is 14.3 Å². The van der Waals surface area contributed by atoms with Crippen LogP contribution in [-0.2, 0) is 24.1 Å². The van der Waals surface area contributed by atoms with Crippen molar-refractivity contribution in [2.45, 2.75) is 19.3 Å². The number of benzene rings is 1. The van der Waals surface area contributed by atoms with Crippen molar-refractivity contribution in [3.63, 3.8) is 0 Å². The Balaban J connectivity index is 1.94. The van der Waals surface area contributed by atoms with E-state index in [1.54, 1.807) is 12.5 Å². The SMILES string of the molecule is O=C(O)C1(Cc2ccoc2)Cc2ccccc2C1. The van der Waals surface area contributed by atoms with Gasteiger partial charge in [0.1, 0.15) is 0 Å². The molecule has 1 N–H and O–H groups in total. The molecule has 1 aliphatic carbocycles. The molecule has 0 saturated carbocycles. The van der Waals surface area contributed by atoms with E-state index in [0.717, 1.165) is 16.7 Å². The highest BCUT2D eigenvalue weighted by Crippen LogP contribution is 2.40. The lowest BCUT2D eigenvalue weighted by atomic mass is 9.79. The summed E-state index contributed by atoms with van der Waals surface area (Å²) in [6.45, 7) is 0. The number of carboxylic acid groups (broad SMARTS) is 1. The number of carboxylic acids is 1. The molecule has 0 aliphatic heterocycles. The lowest BCUT2D eigenvalue weighted by Gasteiger charge is -2.22. The van der Waals surface area contributed by atoms with Gasteiger partial charge in [0.05, 0.1) is 17.9 Å². The fraction of sp³-hybridized carbons (Fsp3) is 0.267. The Labute approximate surface area is 105 Å². The summed E-state index contributed by atoms with van der Waals surface area (Å²) < 4.78 is 5.03. The van der Waals surface area contributed by atoms with Crippen LogP contribution in [0.15, 0.2) is 47.3 Å². The first-order valence-electron chi connectivity index (χ1n) is 6.01. The molecule has 0 radical (unpaired) electrons. The van der Waals surface area contributed by atoms with E-state index < -0.39 is 11.4 Å². The zero-order valence-corrected chi connectivity index (χ0v) is 9.93. The van der Waals surface area contributed by atoms with Gasteiger partial charge in [-0.15, -0.1) is 0 Å². The molecule has 3 rings (SSSR count). The summed E-state index contributed by atoms with van der Waals surface area (Å²) in [6.07, 6.45) is 4.95. The summed E-state index contributed by atoms with van der Waals surface area (Å²) in [5, 5.41) is 9.60. The summed E-state index contributed by atoms with van der Waals surface area (Å²) >= 11 is 0. The van der Waals surface area contributed by atoms with Crippen LogP contribution in [0, 0.1) is 5.41 Å². The third kappa shape index (κ3) is 1.72. The zero-order valence-electron chi connectivity index (χ0n) is 9.93. The van der Waals surface area contributed by atoms with Gasteiger partial charge in [0.15, 0.2) is 0 Å². The quantitative estimate of drug-likeness (QED) is 0.900. The van der Waals surface area contributed by atoms with Crippen LogP contribution in [0.1, 0.15) is 16.7 Å². The van der Waals surface area contributed by atoms with E-state index in [0.29, 0.717) is 19.3 Å². The van der Waals surface area contributed by atoms with Gasteiger partial charge < -0.3 is 9.52 Å². The lowest BCUT2D eigenvalue weighted by molar-refractivity contribution is -0.148. The maximum absolute atomic E-state index is 11.7. The fourth-order valence-electron chi connectivity index (χ4n) is 2.83. The summed E-state index contributed by atoms with van der Waals surface area (Å²) in [7, 11) is 0. The molecule has 1 aliphatic rings. The molecule has 0 fully saturated rings. The smallest absolute Gasteiger partial charge is 0.310 e. The third-order valence-corrected chi connectivity index (χ3v) is 3.75. The van der Waals surface area contributed by atoms with Gasteiger partial charge in [0.2, 0.25) is 0 Å². The minimum Gasteiger partial charge on any atom is -0.481 e. The number of fused-ring (bicyclic) bond motifs is 1.